The van der Waals surface area contributed by atoms with Crippen LogP contribution in [0.15, 0.2) is 51.1 Å². The maximum absolute atomic E-state index is 11.0. The minimum atomic E-state index is 0.316. The molecule has 0 amide bonds. The number of halogens is 1. The smallest absolute Gasteiger partial charge is 0.153 e. The number of ether oxygens (including phenoxy) is 1. The SMILES string of the molecule is O=Cc1cc(Br)ccc1OCc1csc(-c2ccoc2)n1. The topological polar surface area (TPSA) is 52.3 Å². The summed E-state index contributed by atoms with van der Waals surface area (Å²) in [6, 6.07) is 7.18. The number of aldehydes is 1. The van der Waals surface area contributed by atoms with E-state index < -0.39 is 0 Å². The number of thiazole rings is 1. The number of aromatic nitrogens is 1. The van der Waals surface area contributed by atoms with Gasteiger partial charge in [-0.05, 0) is 24.3 Å². The minimum Gasteiger partial charge on any atom is -0.487 e. The first kappa shape index (κ1) is 14.0. The van der Waals surface area contributed by atoms with Gasteiger partial charge in [0.15, 0.2) is 6.29 Å². The monoisotopic (exact) mass is 363 g/mol. The van der Waals surface area contributed by atoms with Gasteiger partial charge in [0.05, 0.1) is 17.5 Å². The van der Waals surface area contributed by atoms with Gasteiger partial charge in [0.1, 0.15) is 23.6 Å². The number of nitrogens with zero attached hydrogens (tertiary/aromatic N) is 1. The summed E-state index contributed by atoms with van der Waals surface area (Å²) in [6.07, 6.45) is 4.05. The van der Waals surface area contributed by atoms with E-state index >= 15 is 0 Å². The first-order chi connectivity index (χ1) is 10.3. The molecule has 0 unspecified atom stereocenters. The van der Waals surface area contributed by atoms with Crippen LogP contribution in [0, 0.1) is 0 Å². The van der Waals surface area contributed by atoms with Gasteiger partial charge < -0.3 is 9.15 Å². The van der Waals surface area contributed by atoms with Gasteiger partial charge in [-0.15, -0.1) is 11.3 Å². The molecule has 0 aliphatic rings. The van der Waals surface area contributed by atoms with Crippen molar-refractivity contribution in [2.24, 2.45) is 0 Å². The Balaban J connectivity index is 1.72. The van der Waals surface area contributed by atoms with Crippen molar-refractivity contribution in [3.63, 3.8) is 0 Å². The highest BCUT2D eigenvalue weighted by atomic mass is 79.9. The Hall–Kier alpha value is -1.92. The van der Waals surface area contributed by atoms with Crippen molar-refractivity contribution in [1.82, 2.24) is 4.98 Å². The molecule has 0 N–H and O–H groups in total. The number of hydrogen-bond donors (Lipinski definition) is 0. The van der Waals surface area contributed by atoms with Crippen LogP contribution in [0.4, 0.5) is 0 Å². The Labute approximate surface area is 133 Å². The standard InChI is InChI=1S/C15H10BrNO3S/c16-12-1-2-14(11(5-12)6-18)20-8-13-9-21-15(17-13)10-3-4-19-7-10/h1-7,9H,8H2. The zero-order valence-electron chi connectivity index (χ0n) is 10.8. The Morgan fingerprint density at radius 1 is 1.38 bits per heavy atom. The van der Waals surface area contributed by atoms with Crippen LogP contribution in [0.2, 0.25) is 0 Å². The van der Waals surface area contributed by atoms with E-state index in [4.69, 9.17) is 9.15 Å². The van der Waals surface area contributed by atoms with Gasteiger partial charge in [-0.25, -0.2) is 4.98 Å². The van der Waals surface area contributed by atoms with E-state index in [2.05, 4.69) is 20.9 Å². The molecule has 4 nitrogen and oxygen atoms in total. The lowest BCUT2D eigenvalue weighted by molar-refractivity contribution is 0.111. The second-order valence-corrected chi connectivity index (χ2v) is 6.02. The molecule has 0 aliphatic carbocycles. The molecule has 6 heteroatoms. The number of hydrogen-bond acceptors (Lipinski definition) is 5. The molecule has 3 aromatic rings. The number of rotatable bonds is 5. The van der Waals surface area contributed by atoms with Crippen molar-refractivity contribution in [2.45, 2.75) is 6.61 Å². The number of carbonyl (C=O) groups is 1. The van der Waals surface area contributed by atoms with Crippen LogP contribution in [0.25, 0.3) is 10.6 Å². The van der Waals surface area contributed by atoms with Crippen molar-refractivity contribution >= 4 is 33.6 Å². The molecule has 0 aliphatic heterocycles. The second-order valence-electron chi connectivity index (χ2n) is 4.24. The second kappa shape index (κ2) is 6.24. The van der Waals surface area contributed by atoms with Crippen LogP contribution in [-0.2, 0) is 6.61 Å². The Bertz CT molecular complexity index is 752. The quantitative estimate of drug-likeness (QED) is 0.623. The van der Waals surface area contributed by atoms with Crippen LogP contribution in [0.3, 0.4) is 0 Å². The summed E-state index contributed by atoms with van der Waals surface area (Å²) in [7, 11) is 0. The molecular weight excluding hydrogens is 354 g/mol. The van der Waals surface area contributed by atoms with Gasteiger partial charge in [-0.1, -0.05) is 15.9 Å². The molecule has 0 saturated carbocycles. The largest absolute Gasteiger partial charge is 0.487 e. The molecule has 21 heavy (non-hydrogen) atoms. The third-order valence-corrected chi connectivity index (χ3v) is 4.23. The first-order valence-electron chi connectivity index (χ1n) is 6.11. The highest BCUT2D eigenvalue weighted by Crippen LogP contribution is 2.26. The van der Waals surface area contributed by atoms with Gasteiger partial charge in [-0.3, -0.25) is 4.79 Å². The zero-order valence-corrected chi connectivity index (χ0v) is 13.2. The average Bonchev–Trinajstić information content (AvgIpc) is 3.16. The van der Waals surface area contributed by atoms with Crippen LogP contribution >= 0.6 is 27.3 Å². The normalized spacial score (nSPS) is 10.5. The van der Waals surface area contributed by atoms with Crippen molar-refractivity contribution in [3.8, 4) is 16.3 Å². The molecule has 0 fully saturated rings. The molecule has 1 aromatic carbocycles. The van der Waals surface area contributed by atoms with Gasteiger partial charge in [-0.2, -0.15) is 0 Å². The number of furan rings is 1. The fourth-order valence-electron chi connectivity index (χ4n) is 1.79. The predicted octanol–water partition coefficient (Wildman–Crippen LogP) is 4.56. The van der Waals surface area contributed by atoms with Crippen molar-refractivity contribution in [2.75, 3.05) is 0 Å². The van der Waals surface area contributed by atoms with Gasteiger partial charge in [0.25, 0.3) is 0 Å². The summed E-state index contributed by atoms with van der Waals surface area (Å²) in [5.41, 5.74) is 2.27. The third kappa shape index (κ3) is 3.22. The fourth-order valence-corrected chi connectivity index (χ4v) is 2.96. The molecule has 2 aromatic heterocycles. The molecule has 0 bridgehead atoms. The molecule has 106 valence electrons. The Kier molecular flexibility index (Phi) is 4.17. The highest BCUT2D eigenvalue weighted by Gasteiger charge is 2.08. The Morgan fingerprint density at radius 2 is 2.29 bits per heavy atom. The van der Waals surface area contributed by atoms with E-state index in [9.17, 15) is 4.79 Å². The molecule has 0 spiro atoms. The van der Waals surface area contributed by atoms with Gasteiger partial charge in [0, 0.05) is 15.4 Å². The van der Waals surface area contributed by atoms with Crippen LogP contribution < -0.4 is 4.74 Å². The lowest BCUT2D eigenvalue weighted by Crippen LogP contribution is -1.98. The molecule has 0 radical (unpaired) electrons. The summed E-state index contributed by atoms with van der Waals surface area (Å²) in [6.45, 7) is 0.316. The summed E-state index contributed by atoms with van der Waals surface area (Å²) in [5.74, 6) is 0.547. The van der Waals surface area contributed by atoms with Crippen molar-refractivity contribution in [1.29, 1.82) is 0 Å². The van der Waals surface area contributed by atoms with Gasteiger partial charge >= 0.3 is 0 Å². The minimum absolute atomic E-state index is 0.316. The van der Waals surface area contributed by atoms with Crippen LogP contribution in [-0.4, -0.2) is 11.3 Å². The summed E-state index contributed by atoms with van der Waals surface area (Å²) in [5, 5.41) is 2.82. The fraction of sp³-hybridized carbons (Fsp3) is 0.0667. The number of benzene rings is 1. The van der Waals surface area contributed by atoms with Crippen LogP contribution in [0.5, 0.6) is 5.75 Å². The predicted molar refractivity (Wildman–Crippen MR) is 83.7 cm³/mol. The number of carbonyl (C=O) groups excluding carboxylic acids is 1. The van der Waals surface area contributed by atoms with Gasteiger partial charge in [0.2, 0.25) is 0 Å². The van der Waals surface area contributed by atoms with Crippen molar-refractivity contribution < 1.29 is 13.9 Å². The van der Waals surface area contributed by atoms with E-state index in [1.54, 1.807) is 24.7 Å². The first-order valence-corrected chi connectivity index (χ1v) is 7.78. The lowest BCUT2D eigenvalue weighted by atomic mass is 10.2. The van der Waals surface area contributed by atoms with E-state index in [0.717, 1.165) is 27.0 Å². The highest BCUT2D eigenvalue weighted by molar-refractivity contribution is 9.10. The van der Waals surface area contributed by atoms with Crippen molar-refractivity contribution in [3.05, 3.63) is 57.9 Å². The molecule has 3 rings (SSSR count). The van der Waals surface area contributed by atoms with E-state index in [0.29, 0.717) is 17.9 Å². The Morgan fingerprint density at radius 3 is 3.05 bits per heavy atom. The van der Waals surface area contributed by atoms with E-state index in [-0.39, 0.29) is 0 Å². The molecule has 0 saturated heterocycles. The zero-order chi connectivity index (χ0) is 14.7. The summed E-state index contributed by atoms with van der Waals surface area (Å²) < 4.78 is 11.6. The maximum atomic E-state index is 11.0. The molecular formula is C15H10BrNO3S. The summed E-state index contributed by atoms with van der Waals surface area (Å²) in [4.78, 5) is 15.5. The van der Waals surface area contributed by atoms with E-state index in [1.165, 1.54) is 11.3 Å². The molecule has 2 heterocycles. The average molecular weight is 364 g/mol. The third-order valence-electron chi connectivity index (χ3n) is 2.79. The maximum Gasteiger partial charge on any atom is 0.153 e. The summed E-state index contributed by atoms with van der Waals surface area (Å²) >= 11 is 4.85. The van der Waals surface area contributed by atoms with Crippen LogP contribution in [0.1, 0.15) is 16.1 Å². The lowest BCUT2D eigenvalue weighted by Gasteiger charge is -2.07. The molecule has 0 atom stereocenters. The van der Waals surface area contributed by atoms with E-state index in [1.807, 2.05) is 17.5 Å².